The summed E-state index contributed by atoms with van der Waals surface area (Å²) < 4.78 is 35.7. The van der Waals surface area contributed by atoms with Gasteiger partial charge in [0.1, 0.15) is 22.5 Å². The molecule has 0 bridgehead atoms. The van der Waals surface area contributed by atoms with E-state index in [4.69, 9.17) is 0 Å². The molecule has 0 aliphatic rings. The highest BCUT2D eigenvalue weighted by Crippen LogP contribution is 2.23. The predicted molar refractivity (Wildman–Crippen MR) is 98.6 cm³/mol. The van der Waals surface area contributed by atoms with Gasteiger partial charge >= 0.3 is 0 Å². The van der Waals surface area contributed by atoms with Crippen LogP contribution in [0.25, 0.3) is 11.0 Å². The minimum atomic E-state index is -3.63. The Labute approximate surface area is 155 Å². The Hall–Kier alpha value is -2.37. The van der Waals surface area contributed by atoms with Crippen LogP contribution in [0.1, 0.15) is 11.4 Å². The molecule has 0 saturated heterocycles. The molecule has 0 saturated carbocycles. The van der Waals surface area contributed by atoms with Gasteiger partial charge in [0.15, 0.2) is 0 Å². The zero-order chi connectivity index (χ0) is 19.1. The molecule has 2 heterocycles. The Balaban J connectivity index is 1.86. The summed E-state index contributed by atoms with van der Waals surface area (Å²) in [6, 6.07) is 5.34. The van der Waals surface area contributed by atoms with Gasteiger partial charge in [-0.3, -0.25) is 9.48 Å². The Bertz CT molecular complexity index is 1080. The number of benzene rings is 1. The van der Waals surface area contributed by atoms with E-state index in [1.54, 1.807) is 26.0 Å². The monoisotopic (exact) mass is 394 g/mol. The van der Waals surface area contributed by atoms with E-state index in [-0.39, 0.29) is 17.3 Å². The molecule has 9 nitrogen and oxygen atoms in total. The Morgan fingerprint density at radius 1 is 1.27 bits per heavy atom. The average Bonchev–Trinajstić information content (AvgIpc) is 3.13. The van der Waals surface area contributed by atoms with Gasteiger partial charge in [-0.15, -0.1) is 0 Å². The average molecular weight is 394 g/mol. The van der Waals surface area contributed by atoms with Crippen LogP contribution >= 0.6 is 11.7 Å². The summed E-state index contributed by atoms with van der Waals surface area (Å²) in [6.45, 7) is 3.14. The van der Waals surface area contributed by atoms with E-state index in [1.165, 1.54) is 18.8 Å². The lowest BCUT2D eigenvalue weighted by Gasteiger charge is -2.12. The number of nitrogens with one attached hydrogen (secondary N) is 1. The Kier molecular flexibility index (Phi) is 4.78. The highest BCUT2D eigenvalue weighted by atomic mass is 32.2. The molecule has 0 fully saturated rings. The van der Waals surface area contributed by atoms with Crippen molar-refractivity contribution in [3.63, 3.8) is 0 Å². The summed E-state index contributed by atoms with van der Waals surface area (Å²) in [5.74, 6) is -0.329. The Morgan fingerprint density at radius 3 is 2.69 bits per heavy atom. The van der Waals surface area contributed by atoms with Gasteiger partial charge in [-0.05, 0) is 26.0 Å². The van der Waals surface area contributed by atoms with Gasteiger partial charge in [0, 0.05) is 14.1 Å². The molecule has 3 aromatic rings. The number of carbonyl (C=O) groups is 1. The molecule has 1 N–H and O–H groups in total. The second-order valence-electron chi connectivity index (χ2n) is 5.93. The van der Waals surface area contributed by atoms with Crippen molar-refractivity contribution in [3.8, 4) is 0 Å². The van der Waals surface area contributed by atoms with Gasteiger partial charge in [0.05, 0.1) is 28.8 Å². The molecule has 0 radical (unpaired) electrons. The summed E-state index contributed by atoms with van der Waals surface area (Å²) in [4.78, 5) is 12.6. The number of anilines is 1. The summed E-state index contributed by atoms with van der Waals surface area (Å²) in [5, 5.41) is 7.00. The second kappa shape index (κ2) is 6.74. The van der Waals surface area contributed by atoms with Crippen molar-refractivity contribution in [1.82, 2.24) is 22.8 Å². The molecular weight excluding hydrogens is 376 g/mol. The SMILES string of the molecule is Cc1nn(CC(=O)Nc2cccc3nsnc23)c(C)c1S(=O)(=O)N(C)C. The summed E-state index contributed by atoms with van der Waals surface area (Å²) in [7, 11) is -0.714. The third-order valence-electron chi connectivity index (χ3n) is 3.91. The number of rotatable bonds is 5. The number of fused-ring (bicyclic) bond motifs is 1. The molecule has 0 aliphatic carbocycles. The number of hydrogen-bond acceptors (Lipinski definition) is 7. The van der Waals surface area contributed by atoms with Gasteiger partial charge in [0.2, 0.25) is 15.9 Å². The first kappa shape index (κ1) is 18.4. The van der Waals surface area contributed by atoms with Gasteiger partial charge in [0.25, 0.3) is 0 Å². The first-order chi connectivity index (χ1) is 12.2. The van der Waals surface area contributed by atoms with Gasteiger partial charge in [-0.2, -0.15) is 13.8 Å². The molecule has 11 heteroatoms. The molecule has 3 rings (SSSR count). The zero-order valence-electron chi connectivity index (χ0n) is 14.7. The van der Waals surface area contributed by atoms with Crippen LogP contribution in [0, 0.1) is 13.8 Å². The molecule has 0 aliphatic heterocycles. The van der Waals surface area contributed by atoms with Crippen LogP contribution < -0.4 is 5.32 Å². The molecule has 1 aromatic carbocycles. The maximum absolute atomic E-state index is 12.4. The number of aryl methyl sites for hydroxylation is 1. The van der Waals surface area contributed by atoms with Crippen LogP contribution in [0.4, 0.5) is 5.69 Å². The first-order valence-corrected chi connectivity index (χ1v) is 9.86. The number of sulfonamides is 1. The van der Waals surface area contributed by atoms with Crippen LogP contribution in [0.3, 0.4) is 0 Å². The summed E-state index contributed by atoms with van der Waals surface area (Å²) in [6.07, 6.45) is 0. The number of nitrogens with zero attached hydrogens (tertiary/aromatic N) is 5. The van der Waals surface area contributed by atoms with Crippen molar-refractivity contribution in [2.24, 2.45) is 0 Å². The summed E-state index contributed by atoms with van der Waals surface area (Å²) in [5.41, 5.74) is 2.66. The molecule has 0 spiro atoms. The first-order valence-electron chi connectivity index (χ1n) is 7.69. The van der Waals surface area contributed by atoms with E-state index >= 15 is 0 Å². The van der Waals surface area contributed by atoms with Crippen LogP contribution in [0.5, 0.6) is 0 Å². The predicted octanol–water partition coefficient (Wildman–Crippen LogP) is 1.39. The lowest BCUT2D eigenvalue weighted by molar-refractivity contribution is -0.116. The molecule has 26 heavy (non-hydrogen) atoms. The number of aromatic nitrogens is 4. The maximum Gasteiger partial charge on any atom is 0.246 e. The van der Waals surface area contributed by atoms with Crippen molar-refractivity contribution in [2.45, 2.75) is 25.3 Å². The lowest BCUT2D eigenvalue weighted by atomic mass is 10.2. The van der Waals surface area contributed by atoms with E-state index in [1.807, 2.05) is 6.07 Å². The minimum absolute atomic E-state index is 0.108. The highest BCUT2D eigenvalue weighted by molar-refractivity contribution is 7.89. The quantitative estimate of drug-likeness (QED) is 0.700. The maximum atomic E-state index is 12.4. The van der Waals surface area contributed by atoms with Crippen molar-refractivity contribution in [2.75, 3.05) is 19.4 Å². The normalized spacial score (nSPS) is 12.0. The van der Waals surface area contributed by atoms with E-state index in [9.17, 15) is 13.2 Å². The van der Waals surface area contributed by atoms with E-state index in [2.05, 4.69) is 19.2 Å². The van der Waals surface area contributed by atoms with Crippen molar-refractivity contribution < 1.29 is 13.2 Å². The zero-order valence-corrected chi connectivity index (χ0v) is 16.3. The van der Waals surface area contributed by atoms with E-state index in [0.29, 0.717) is 28.1 Å². The highest BCUT2D eigenvalue weighted by Gasteiger charge is 2.27. The number of hydrogen-bond donors (Lipinski definition) is 1. The lowest BCUT2D eigenvalue weighted by Crippen LogP contribution is -2.24. The van der Waals surface area contributed by atoms with Crippen molar-refractivity contribution in [3.05, 3.63) is 29.6 Å². The fourth-order valence-electron chi connectivity index (χ4n) is 2.62. The summed E-state index contributed by atoms with van der Waals surface area (Å²) >= 11 is 1.07. The second-order valence-corrected chi connectivity index (χ2v) is 8.55. The van der Waals surface area contributed by atoms with Crippen molar-refractivity contribution in [1.29, 1.82) is 0 Å². The van der Waals surface area contributed by atoms with Crippen LogP contribution in [-0.2, 0) is 21.4 Å². The number of carbonyl (C=O) groups excluding carboxylic acids is 1. The Morgan fingerprint density at radius 2 is 2.00 bits per heavy atom. The fraction of sp³-hybridized carbons (Fsp3) is 0.333. The molecular formula is C15H18N6O3S2. The van der Waals surface area contributed by atoms with Crippen LogP contribution in [0.15, 0.2) is 23.1 Å². The van der Waals surface area contributed by atoms with Crippen LogP contribution in [0.2, 0.25) is 0 Å². The fourth-order valence-corrected chi connectivity index (χ4v) is 4.43. The van der Waals surface area contributed by atoms with Crippen molar-refractivity contribution >= 4 is 44.4 Å². The largest absolute Gasteiger partial charge is 0.322 e. The van der Waals surface area contributed by atoms with Gasteiger partial charge in [-0.1, -0.05) is 6.07 Å². The molecule has 2 aromatic heterocycles. The van der Waals surface area contributed by atoms with E-state index in [0.717, 1.165) is 16.0 Å². The number of amides is 1. The molecule has 0 unspecified atom stereocenters. The minimum Gasteiger partial charge on any atom is -0.322 e. The molecule has 0 atom stereocenters. The van der Waals surface area contributed by atoms with E-state index < -0.39 is 10.0 Å². The topological polar surface area (TPSA) is 110 Å². The molecule has 1 amide bonds. The third kappa shape index (κ3) is 3.20. The van der Waals surface area contributed by atoms with Gasteiger partial charge in [-0.25, -0.2) is 12.7 Å². The van der Waals surface area contributed by atoms with Gasteiger partial charge < -0.3 is 5.32 Å². The smallest absolute Gasteiger partial charge is 0.246 e. The standard InChI is InChI=1S/C15H18N6O3S2/c1-9-15(26(23,24)20(3)4)10(2)21(17-9)8-13(22)16-11-6-5-7-12-14(11)19-25-18-12/h5-7H,8H2,1-4H3,(H,16,22). The third-order valence-corrected chi connectivity index (χ3v) is 6.52. The molecule has 138 valence electrons. The van der Waals surface area contributed by atoms with Crippen LogP contribution in [-0.4, -0.2) is 51.3 Å².